The molecular formula is C27H50O3. The third-order valence-corrected chi connectivity index (χ3v) is 8.09. The lowest BCUT2D eigenvalue weighted by atomic mass is 9.67. The van der Waals surface area contributed by atoms with Crippen molar-refractivity contribution < 1.29 is 14.6 Å². The number of epoxide rings is 1. The van der Waals surface area contributed by atoms with Crippen LogP contribution in [0, 0.1) is 17.3 Å². The van der Waals surface area contributed by atoms with E-state index >= 15 is 0 Å². The lowest BCUT2D eigenvalue weighted by Gasteiger charge is -2.35. The van der Waals surface area contributed by atoms with E-state index in [1.165, 1.54) is 89.9 Å². The first-order valence-corrected chi connectivity index (χ1v) is 13.4. The van der Waals surface area contributed by atoms with E-state index in [-0.39, 0.29) is 6.10 Å². The third kappa shape index (κ3) is 8.89. The van der Waals surface area contributed by atoms with E-state index in [0.717, 1.165) is 25.7 Å². The van der Waals surface area contributed by atoms with Crippen molar-refractivity contribution in [3.63, 3.8) is 0 Å². The first-order chi connectivity index (χ1) is 14.5. The topological polar surface area (TPSA) is 49.8 Å². The first-order valence-electron chi connectivity index (χ1n) is 13.4. The van der Waals surface area contributed by atoms with Gasteiger partial charge >= 0.3 is 5.97 Å². The van der Waals surface area contributed by atoms with Crippen LogP contribution in [-0.2, 0) is 9.53 Å². The molecule has 0 bridgehead atoms. The number of ether oxygens (including phenoxy) is 1. The minimum absolute atomic E-state index is 0.235. The highest BCUT2D eigenvalue weighted by Crippen LogP contribution is 2.50. The molecule has 3 nitrogen and oxygen atoms in total. The molecule has 1 N–H and O–H groups in total. The molecule has 3 heteroatoms. The van der Waals surface area contributed by atoms with Gasteiger partial charge in [-0.25, -0.2) is 0 Å². The molecule has 5 atom stereocenters. The maximum Gasteiger partial charge on any atom is 0.309 e. The number of fused-ring (bicyclic) bond motifs is 1. The fraction of sp³-hybridized carbons (Fsp3) is 0.963. The van der Waals surface area contributed by atoms with Gasteiger partial charge in [-0.1, -0.05) is 111 Å². The summed E-state index contributed by atoms with van der Waals surface area (Å²) >= 11 is 0. The summed E-state index contributed by atoms with van der Waals surface area (Å²) in [6.07, 6.45) is 23.3. The van der Waals surface area contributed by atoms with Crippen LogP contribution in [0.5, 0.6) is 0 Å². The number of carbonyl (C=O) groups is 1. The van der Waals surface area contributed by atoms with E-state index in [1.54, 1.807) is 0 Å². The van der Waals surface area contributed by atoms with Crippen LogP contribution in [0.3, 0.4) is 0 Å². The summed E-state index contributed by atoms with van der Waals surface area (Å²) in [4.78, 5) is 12.0. The Labute approximate surface area is 186 Å². The van der Waals surface area contributed by atoms with Gasteiger partial charge < -0.3 is 9.84 Å². The van der Waals surface area contributed by atoms with Gasteiger partial charge in [0, 0.05) is 0 Å². The molecule has 2 aliphatic rings. The Kier molecular flexibility index (Phi) is 11.8. The molecule has 2 rings (SSSR count). The number of carboxylic acid groups (broad SMARTS) is 1. The molecule has 5 unspecified atom stereocenters. The van der Waals surface area contributed by atoms with Gasteiger partial charge in [-0.3, -0.25) is 4.79 Å². The van der Waals surface area contributed by atoms with Gasteiger partial charge in [0.15, 0.2) is 0 Å². The van der Waals surface area contributed by atoms with Gasteiger partial charge in [0.2, 0.25) is 0 Å². The van der Waals surface area contributed by atoms with Crippen LogP contribution in [0.1, 0.15) is 136 Å². The van der Waals surface area contributed by atoms with Crippen molar-refractivity contribution in [3.05, 3.63) is 0 Å². The highest BCUT2D eigenvalue weighted by Gasteiger charge is 2.54. The van der Waals surface area contributed by atoms with E-state index in [1.807, 2.05) is 0 Å². The van der Waals surface area contributed by atoms with E-state index in [9.17, 15) is 9.90 Å². The Morgan fingerprint density at radius 1 is 0.867 bits per heavy atom. The van der Waals surface area contributed by atoms with Crippen molar-refractivity contribution in [2.24, 2.45) is 17.3 Å². The first kappa shape index (κ1) is 25.7. The van der Waals surface area contributed by atoms with E-state index in [0.29, 0.717) is 17.9 Å². The van der Waals surface area contributed by atoms with Crippen LogP contribution < -0.4 is 0 Å². The fourth-order valence-corrected chi connectivity index (χ4v) is 5.57. The predicted octanol–water partition coefficient (Wildman–Crippen LogP) is 8.15. The number of carboxylic acids is 1. The van der Waals surface area contributed by atoms with Crippen molar-refractivity contribution in [1.29, 1.82) is 0 Å². The number of rotatable bonds is 18. The second kappa shape index (κ2) is 13.8. The highest BCUT2D eigenvalue weighted by atomic mass is 16.6. The third-order valence-electron chi connectivity index (χ3n) is 8.09. The van der Waals surface area contributed by atoms with Crippen LogP contribution in [0.2, 0.25) is 0 Å². The predicted molar refractivity (Wildman–Crippen MR) is 126 cm³/mol. The quantitative estimate of drug-likeness (QED) is 0.179. The molecule has 1 heterocycles. The number of hydrogen-bond donors (Lipinski definition) is 1. The lowest BCUT2D eigenvalue weighted by molar-refractivity contribution is -0.152. The minimum atomic E-state index is -0.587. The molecule has 2 fully saturated rings. The van der Waals surface area contributed by atoms with Crippen LogP contribution in [0.25, 0.3) is 0 Å². The molecule has 1 saturated heterocycles. The summed E-state index contributed by atoms with van der Waals surface area (Å²) in [5.41, 5.74) is -0.526. The maximum atomic E-state index is 12.0. The second-order valence-corrected chi connectivity index (χ2v) is 10.7. The Hall–Kier alpha value is -0.570. The molecule has 1 aliphatic heterocycles. The van der Waals surface area contributed by atoms with Gasteiger partial charge in [-0.05, 0) is 37.5 Å². The van der Waals surface area contributed by atoms with Gasteiger partial charge in [0.05, 0.1) is 17.6 Å². The van der Waals surface area contributed by atoms with Gasteiger partial charge in [0.1, 0.15) is 0 Å². The molecule has 0 aromatic heterocycles. The summed E-state index contributed by atoms with van der Waals surface area (Å²) < 4.78 is 5.61. The van der Waals surface area contributed by atoms with Crippen molar-refractivity contribution >= 4 is 5.97 Å². The molecule has 176 valence electrons. The molecule has 1 saturated carbocycles. The van der Waals surface area contributed by atoms with Crippen molar-refractivity contribution in [2.45, 2.75) is 149 Å². The Morgan fingerprint density at radius 3 is 1.90 bits per heavy atom. The van der Waals surface area contributed by atoms with Gasteiger partial charge in [0.25, 0.3) is 0 Å². The van der Waals surface area contributed by atoms with E-state index in [2.05, 4.69) is 20.8 Å². The monoisotopic (exact) mass is 422 g/mol. The Balaban J connectivity index is 1.46. The molecule has 1 aliphatic carbocycles. The fourth-order valence-electron chi connectivity index (χ4n) is 5.57. The number of aliphatic carboxylic acids is 1. The summed E-state index contributed by atoms with van der Waals surface area (Å²) in [6, 6.07) is 0. The number of hydrogen-bond acceptors (Lipinski definition) is 2. The van der Waals surface area contributed by atoms with Gasteiger partial charge in [-0.15, -0.1) is 0 Å². The SMILES string of the molecule is CCCCCCCCCCCCCCCC(C)C(C)CC1(C(=O)O)CCC2OC2C1. The zero-order chi connectivity index (χ0) is 21.8. The molecule has 0 amide bonds. The molecule has 0 aromatic rings. The zero-order valence-electron chi connectivity index (χ0n) is 20.3. The minimum Gasteiger partial charge on any atom is -0.481 e. The van der Waals surface area contributed by atoms with Crippen LogP contribution in [0.4, 0.5) is 0 Å². The van der Waals surface area contributed by atoms with Crippen molar-refractivity contribution in [2.75, 3.05) is 0 Å². The lowest BCUT2D eigenvalue weighted by Crippen LogP contribution is -2.38. The second-order valence-electron chi connectivity index (χ2n) is 10.7. The molecular weight excluding hydrogens is 372 g/mol. The van der Waals surface area contributed by atoms with Crippen LogP contribution >= 0.6 is 0 Å². The average molecular weight is 423 g/mol. The zero-order valence-corrected chi connectivity index (χ0v) is 20.3. The summed E-state index contributed by atoms with van der Waals surface area (Å²) in [5.74, 6) is 0.511. The molecule has 30 heavy (non-hydrogen) atoms. The number of unbranched alkanes of at least 4 members (excludes halogenated alkanes) is 12. The summed E-state index contributed by atoms with van der Waals surface area (Å²) in [7, 11) is 0. The van der Waals surface area contributed by atoms with Crippen LogP contribution in [-0.4, -0.2) is 23.3 Å². The Morgan fingerprint density at radius 2 is 1.40 bits per heavy atom. The van der Waals surface area contributed by atoms with E-state index < -0.39 is 11.4 Å². The molecule has 0 radical (unpaired) electrons. The summed E-state index contributed by atoms with van der Waals surface area (Å²) in [5, 5.41) is 9.90. The highest BCUT2D eigenvalue weighted by molar-refractivity contribution is 5.75. The van der Waals surface area contributed by atoms with Crippen molar-refractivity contribution in [1.82, 2.24) is 0 Å². The van der Waals surface area contributed by atoms with E-state index in [4.69, 9.17) is 4.74 Å². The maximum absolute atomic E-state index is 12.0. The Bertz CT molecular complexity index is 477. The van der Waals surface area contributed by atoms with Crippen LogP contribution in [0.15, 0.2) is 0 Å². The standard InChI is InChI=1S/C27H50O3/c1-4-5-6-7-8-9-10-11-12-13-14-15-16-17-22(2)23(3)20-27(26(28)29)19-18-24-25(21-27)30-24/h22-25H,4-21H2,1-3H3,(H,28,29). The average Bonchev–Trinajstić information content (AvgIpc) is 3.49. The van der Waals surface area contributed by atoms with Gasteiger partial charge in [-0.2, -0.15) is 0 Å². The molecule has 0 aromatic carbocycles. The smallest absolute Gasteiger partial charge is 0.309 e. The molecule has 0 spiro atoms. The largest absolute Gasteiger partial charge is 0.481 e. The normalized spacial score (nSPS) is 27.4. The van der Waals surface area contributed by atoms with Crippen molar-refractivity contribution in [3.8, 4) is 0 Å². The summed E-state index contributed by atoms with van der Waals surface area (Å²) in [6.45, 7) is 6.89.